The Morgan fingerprint density at radius 1 is 1.28 bits per heavy atom. The van der Waals surface area contributed by atoms with Crippen molar-refractivity contribution in [3.05, 3.63) is 47.7 Å². The van der Waals surface area contributed by atoms with Crippen LogP contribution in [0.2, 0.25) is 0 Å². The van der Waals surface area contributed by atoms with Crippen LogP contribution in [0.5, 0.6) is 5.88 Å². The average molecular weight is 243 g/mol. The Morgan fingerprint density at radius 2 is 2.06 bits per heavy atom. The highest BCUT2D eigenvalue weighted by Gasteiger charge is 2.08. The first-order valence-electron chi connectivity index (χ1n) is 5.46. The van der Waals surface area contributed by atoms with Crippen molar-refractivity contribution in [2.75, 3.05) is 7.11 Å². The molecule has 0 aliphatic carbocycles. The summed E-state index contributed by atoms with van der Waals surface area (Å²) in [6.45, 7) is 1.88. The molecule has 1 aromatic heterocycles. The fourth-order valence-corrected chi connectivity index (χ4v) is 1.81. The molecule has 1 aromatic carbocycles. The average Bonchev–Trinajstić information content (AvgIpc) is 2.38. The van der Waals surface area contributed by atoms with Crippen LogP contribution in [0.25, 0.3) is 11.1 Å². The van der Waals surface area contributed by atoms with E-state index in [1.807, 2.05) is 19.1 Å². The number of aromatic nitrogens is 1. The third-order valence-electron chi connectivity index (χ3n) is 2.73. The number of aromatic carboxylic acids is 1. The van der Waals surface area contributed by atoms with E-state index < -0.39 is 5.97 Å². The smallest absolute Gasteiger partial charge is 0.335 e. The molecule has 4 nitrogen and oxygen atoms in total. The number of benzene rings is 1. The van der Waals surface area contributed by atoms with Gasteiger partial charge in [-0.2, -0.15) is 0 Å². The summed E-state index contributed by atoms with van der Waals surface area (Å²) in [5.41, 5.74) is 3.12. The predicted molar refractivity (Wildman–Crippen MR) is 67.9 cm³/mol. The highest BCUT2D eigenvalue weighted by Crippen LogP contribution is 2.26. The normalized spacial score (nSPS) is 10.1. The zero-order valence-corrected chi connectivity index (χ0v) is 10.2. The van der Waals surface area contributed by atoms with E-state index in [1.54, 1.807) is 31.5 Å². The van der Waals surface area contributed by atoms with E-state index in [9.17, 15) is 4.79 Å². The van der Waals surface area contributed by atoms with E-state index in [2.05, 4.69) is 4.98 Å². The van der Waals surface area contributed by atoms with Gasteiger partial charge in [0.15, 0.2) is 0 Å². The third kappa shape index (κ3) is 2.32. The number of hydrogen-bond donors (Lipinski definition) is 1. The molecule has 18 heavy (non-hydrogen) atoms. The number of aryl methyl sites for hydroxylation is 1. The zero-order valence-electron chi connectivity index (χ0n) is 10.2. The Balaban J connectivity index is 2.47. The van der Waals surface area contributed by atoms with Gasteiger partial charge in [0.1, 0.15) is 0 Å². The van der Waals surface area contributed by atoms with Crippen molar-refractivity contribution in [3.8, 4) is 17.0 Å². The molecular weight excluding hydrogens is 230 g/mol. The van der Waals surface area contributed by atoms with Gasteiger partial charge < -0.3 is 9.84 Å². The van der Waals surface area contributed by atoms with E-state index in [4.69, 9.17) is 9.84 Å². The molecule has 0 aliphatic heterocycles. The quantitative estimate of drug-likeness (QED) is 0.900. The number of methoxy groups -OCH3 is 1. The van der Waals surface area contributed by atoms with E-state index in [-0.39, 0.29) is 5.56 Å². The standard InChI is InChI=1S/C14H13NO3/c1-9-7-11(14(16)17)3-4-12(9)10-5-6-15-13(8-10)18-2/h3-8H,1-2H3,(H,16,17). The molecule has 0 spiro atoms. The van der Waals surface area contributed by atoms with E-state index in [1.165, 1.54) is 0 Å². The molecule has 0 atom stereocenters. The second-order valence-electron chi connectivity index (χ2n) is 3.92. The second-order valence-corrected chi connectivity index (χ2v) is 3.92. The lowest BCUT2D eigenvalue weighted by Gasteiger charge is -2.08. The van der Waals surface area contributed by atoms with Crippen LogP contribution >= 0.6 is 0 Å². The maximum atomic E-state index is 10.9. The van der Waals surface area contributed by atoms with E-state index in [0.717, 1.165) is 16.7 Å². The summed E-state index contributed by atoms with van der Waals surface area (Å²) in [6, 6.07) is 8.74. The molecule has 2 rings (SSSR count). The minimum absolute atomic E-state index is 0.289. The predicted octanol–water partition coefficient (Wildman–Crippen LogP) is 2.76. The molecule has 0 amide bonds. The molecule has 1 heterocycles. The van der Waals surface area contributed by atoms with Crippen LogP contribution in [0.15, 0.2) is 36.5 Å². The lowest BCUT2D eigenvalue weighted by molar-refractivity contribution is 0.0697. The lowest BCUT2D eigenvalue weighted by Crippen LogP contribution is -1.97. The van der Waals surface area contributed by atoms with Gasteiger partial charge in [0.2, 0.25) is 5.88 Å². The molecule has 2 aromatic rings. The summed E-state index contributed by atoms with van der Waals surface area (Å²) >= 11 is 0. The van der Waals surface area contributed by atoms with Gasteiger partial charge in [-0.1, -0.05) is 6.07 Å². The monoisotopic (exact) mass is 243 g/mol. The largest absolute Gasteiger partial charge is 0.481 e. The highest BCUT2D eigenvalue weighted by atomic mass is 16.5. The van der Waals surface area contributed by atoms with Crippen molar-refractivity contribution >= 4 is 5.97 Å². The highest BCUT2D eigenvalue weighted by molar-refractivity contribution is 5.89. The fraction of sp³-hybridized carbons (Fsp3) is 0.143. The molecule has 0 unspecified atom stereocenters. The molecule has 0 saturated heterocycles. The van der Waals surface area contributed by atoms with Crippen molar-refractivity contribution in [1.82, 2.24) is 4.98 Å². The summed E-state index contributed by atoms with van der Waals surface area (Å²) in [5, 5.41) is 8.92. The van der Waals surface area contributed by atoms with E-state index in [0.29, 0.717) is 5.88 Å². The van der Waals surface area contributed by atoms with E-state index >= 15 is 0 Å². The molecule has 0 fully saturated rings. The van der Waals surface area contributed by atoms with Gasteiger partial charge >= 0.3 is 5.97 Å². The van der Waals surface area contributed by atoms with Crippen LogP contribution in [0, 0.1) is 6.92 Å². The number of pyridine rings is 1. The molecule has 4 heteroatoms. The summed E-state index contributed by atoms with van der Waals surface area (Å²) in [4.78, 5) is 14.9. The Bertz CT molecular complexity index is 593. The first-order valence-corrected chi connectivity index (χ1v) is 5.46. The van der Waals surface area contributed by atoms with Crippen LogP contribution in [0.1, 0.15) is 15.9 Å². The first kappa shape index (κ1) is 12.1. The van der Waals surface area contributed by atoms with Gasteiger partial charge in [-0.3, -0.25) is 0 Å². The molecule has 0 radical (unpaired) electrons. The minimum atomic E-state index is -0.919. The van der Waals surface area contributed by atoms with Gasteiger partial charge in [0.05, 0.1) is 12.7 Å². The van der Waals surface area contributed by atoms with Gasteiger partial charge in [-0.05, 0) is 41.8 Å². The SMILES string of the molecule is COc1cc(-c2ccc(C(=O)O)cc2C)ccn1. The maximum absolute atomic E-state index is 10.9. The molecule has 0 bridgehead atoms. The third-order valence-corrected chi connectivity index (χ3v) is 2.73. The number of carboxylic acid groups (broad SMARTS) is 1. The van der Waals surface area contributed by atoms with Crippen LogP contribution < -0.4 is 4.74 Å². The van der Waals surface area contributed by atoms with Gasteiger partial charge in [0.25, 0.3) is 0 Å². The van der Waals surface area contributed by atoms with Crippen molar-refractivity contribution in [3.63, 3.8) is 0 Å². The van der Waals surface area contributed by atoms with Crippen molar-refractivity contribution < 1.29 is 14.6 Å². The van der Waals surface area contributed by atoms with Gasteiger partial charge in [-0.15, -0.1) is 0 Å². The summed E-state index contributed by atoms with van der Waals surface area (Å²) in [7, 11) is 1.56. The fourth-order valence-electron chi connectivity index (χ4n) is 1.81. The Kier molecular flexibility index (Phi) is 3.28. The van der Waals surface area contributed by atoms with Crippen molar-refractivity contribution in [1.29, 1.82) is 0 Å². The number of ether oxygens (including phenoxy) is 1. The minimum Gasteiger partial charge on any atom is -0.481 e. The van der Waals surface area contributed by atoms with Crippen molar-refractivity contribution in [2.45, 2.75) is 6.92 Å². The molecular formula is C14H13NO3. The summed E-state index contributed by atoms with van der Waals surface area (Å²) in [6.07, 6.45) is 1.67. The number of rotatable bonds is 3. The Labute approximate surface area is 105 Å². The number of nitrogens with zero attached hydrogens (tertiary/aromatic N) is 1. The zero-order chi connectivity index (χ0) is 13.1. The Morgan fingerprint density at radius 3 is 2.67 bits per heavy atom. The summed E-state index contributed by atoms with van der Waals surface area (Å²) in [5.74, 6) is -0.383. The van der Waals surface area contributed by atoms with Crippen LogP contribution in [-0.2, 0) is 0 Å². The summed E-state index contributed by atoms with van der Waals surface area (Å²) < 4.78 is 5.07. The van der Waals surface area contributed by atoms with Gasteiger partial charge in [-0.25, -0.2) is 9.78 Å². The second kappa shape index (κ2) is 4.87. The first-order chi connectivity index (χ1) is 8.61. The van der Waals surface area contributed by atoms with Crippen molar-refractivity contribution in [2.24, 2.45) is 0 Å². The van der Waals surface area contributed by atoms with Crippen LogP contribution in [-0.4, -0.2) is 23.2 Å². The molecule has 0 saturated carbocycles. The van der Waals surface area contributed by atoms with Crippen LogP contribution in [0.4, 0.5) is 0 Å². The number of carbonyl (C=O) groups is 1. The van der Waals surface area contributed by atoms with Gasteiger partial charge in [0, 0.05) is 12.3 Å². The molecule has 0 aliphatic rings. The lowest BCUT2D eigenvalue weighted by atomic mass is 9.99. The molecule has 92 valence electrons. The topological polar surface area (TPSA) is 59.4 Å². The number of hydrogen-bond acceptors (Lipinski definition) is 3. The van der Waals surface area contributed by atoms with Crippen LogP contribution in [0.3, 0.4) is 0 Å². The maximum Gasteiger partial charge on any atom is 0.335 e. The number of carboxylic acids is 1. The Hall–Kier alpha value is -2.36. The molecule has 1 N–H and O–H groups in total.